The van der Waals surface area contributed by atoms with Gasteiger partial charge in [-0.15, -0.1) is 18.2 Å². The fourth-order valence-electron chi connectivity index (χ4n) is 5.82. The zero-order valence-corrected chi connectivity index (χ0v) is 32.9. The van der Waals surface area contributed by atoms with Gasteiger partial charge in [-0.1, -0.05) is 60.0 Å². The van der Waals surface area contributed by atoms with Crippen LogP contribution in [0.3, 0.4) is 0 Å². The average molecular weight is 870 g/mol. The Kier molecular flexibility index (Phi) is 9.16. The summed E-state index contributed by atoms with van der Waals surface area (Å²) in [6.45, 7) is 7.05. The first-order valence-corrected chi connectivity index (χ1v) is 26.5. The van der Waals surface area contributed by atoms with Crippen LogP contribution >= 0.6 is 0 Å². The largest absolute Gasteiger partial charge is 0 e. The van der Waals surface area contributed by atoms with Crippen LogP contribution in [0.1, 0.15) is 0 Å². The molecule has 0 N–H and O–H groups in total. The predicted molar refractivity (Wildman–Crippen MR) is 198 cm³/mol. The molecule has 0 spiro atoms. The molecule has 0 aliphatic rings. The van der Waals surface area contributed by atoms with Crippen molar-refractivity contribution in [3.8, 4) is 22.5 Å². The summed E-state index contributed by atoms with van der Waals surface area (Å²) in [6, 6.07) is 39.8. The summed E-state index contributed by atoms with van der Waals surface area (Å²) in [4.78, 5) is 8.89. The number of furan rings is 2. The van der Waals surface area contributed by atoms with E-state index in [1.807, 2.05) is 48.5 Å². The summed E-state index contributed by atoms with van der Waals surface area (Å²) in [5.41, 5.74) is 7.31. The van der Waals surface area contributed by atoms with E-state index in [4.69, 9.17) is 8.83 Å². The number of nitrogens with zero attached hydrogens (tertiary/aromatic N) is 2. The van der Waals surface area contributed by atoms with Crippen LogP contribution in [0.25, 0.3) is 66.4 Å². The predicted octanol–water partition coefficient (Wildman–Crippen LogP) is 9.98. The Morgan fingerprint density at radius 1 is 0.596 bits per heavy atom. The Labute approximate surface area is 293 Å². The molecule has 0 saturated carbocycles. The third-order valence-electron chi connectivity index (χ3n) is 8.44. The fraction of sp³-hybridized carbons (Fsp3) is 0.150. The maximum Gasteiger partial charge on any atom is 0 e. The monoisotopic (exact) mass is 871 g/mol. The van der Waals surface area contributed by atoms with Gasteiger partial charge in [0.05, 0.1) is 13.7 Å². The Balaban J connectivity index is 0.000000161. The third kappa shape index (κ3) is 6.53. The van der Waals surface area contributed by atoms with Gasteiger partial charge in [-0.25, -0.2) is 0 Å². The first-order valence-electron chi connectivity index (χ1n) is 15.7. The van der Waals surface area contributed by atoms with Crippen LogP contribution in [0.5, 0.6) is 0 Å². The minimum absolute atomic E-state index is 0. The SMILES string of the molecule is C[Si](C)(C)c1ccc2c(c1)oc1c(-c3ccccn3)[c-]ccc12.[CH3][Ge]([CH3])([CH3])[c]1ccc2c(c1)oc1c(-c3ccccn3)[c-]ccc12.[Ir]. The maximum absolute atomic E-state index is 6.23. The summed E-state index contributed by atoms with van der Waals surface area (Å²) in [6.07, 6.45) is 3.60. The van der Waals surface area contributed by atoms with Gasteiger partial charge in [0.2, 0.25) is 0 Å². The molecule has 0 bridgehead atoms. The van der Waals surface area contributed by atoms with Crippen LogP contribution < -0.4 is 9.58 Å². The Hall–Kier alpha value is -3.81. The zero-order chi connectivity index (χ0) is 32.1. The van der Waals surface area contributed by atoms with Gasteiger partial charge in [0, 0.05) is 31.7 Å². The fourth-order valence-corrected chi connectivity index (χ4v) is 9.37. The van der Waals surface area contributed by atoms with Gasteiger partial charge in [-0.2, -0.15) is 0 Å². The summed E-state index contributed by atoms with van der Waals surface area (Å²) in [5, 5.41) is 6.00. The van der Waals surface area contributed by atoms with E-state index in [1.54, 1.807) is 12.4 Å². The first kappa shape index (κ1) is 33.1. The number of pyridine rings is 2. The van der Waals surface area contributed by atoms with E-state index < -0.39 is 21.3 Å². The van der Waals surface area contributed by atoms with E-state index in [2.05, 4.69) is 108 Å². The molecule has 4 nitrogen and oxygen atoms in total. The second-order valence-corrected chi connectivity index (χ2v) is 29.5. The summed E-state index contributed by atoms with van der Waals surface area (Å²) < 4.78 is 13.9. The molecule has 4 aromatic heterocycles. The van der Waals surface area contributed by atoms with Crippen LogP contribution in [0.15, 0.2) is 118 Å². The smallest absolute Gasteiger partial charge is 0 e. The van der Waals surface area contributed by atoms with Crippen molar-refractivity contribution in [2.24, 2.45) is 0 Å². The molecular weight excluding hydrogens is 833 g/mol. The van der Waals surface area contributed by atoms with Crippen LogP contribution in [-0.4, -0.2) is 31.3 Å². The summed E-state index contributed by atoms with van der Waals surface area (Å²) >= 11 is -1.87. The molecule has 8 rings (SSSR count). The van der Waals surface area contributed by atoms with E-state index in [0.717, 1.165) is 61.0 Å². The van der Waals surface area contributed by atoms with Crippen molar-refractivity contribution in [3.63, 3.8) is 0 Å². The molecule has 0 atom stereocenters. The van der Waals surface area contributed by atoms with Crippen molar-refractivity contribution in [2.75, 3.05) is 0 Å². The maximum atomic E-state index is 6.23. The Morgan fingerprint density at radius 2 is 1.11 bits per heavy atom. The van der Waals surface area contributed by atoms with Gasteiger partial charge in [0.15, 0.2) is 0 Å². The van der Waals surface area contributed by atoms with Gasteiger partial charge in [-0.05, 0) is 17.8 Å². The van der Waals surface area contributed by atoms with Crippen LogP contribution in [0.2, 0.25) is 36.9 Å². The second kappa shape index (κ2) is 13.0. The molecular formula is C40H36GeIrN2O2Si-2. The van der Waals surface area contributed by atoms with Crippen molar-refractivity contribution in [2.45, 2.75) is 36.9 Å². The molecule has 237 valence electrons. The number of hydrogen-bond donors (Lipinski definition) is 0. The molecule has 0 fully saturated rings. The number of rotatable bonds is 4. The van der Waals surface area contributed by atoms with E-state index in [0.29, 0.717) is 0 Å². The normalized spacial score (nSPS) is 11.9. The van der Waals surface area contributed by atoms with Gasteiger partial charge >= 0.3 is 138 Å². The number of fused-ring (bicyclic) bond motifs is 6. The molecule has 47 heavy (non-hydrogen) atoms. The van der Waals surface area contributed by atoms with Crippen molar-refractivity contribution in [3.05, 3.63) is 122 Å². The molecule has 7 heteroatoms. The Morgan fingerprint density at radius 3 is 1.57 bits per heavy atom. The number of benzene rings is 4. The third-order valence-corrected chi connectivity index (χ3v) is 14.8. The van der Waals surface area contributed by atoms with Crippen molar-refractivity contribution < 1.29 is 28.9 Å². The van der Waals surface area contributed by atoms with Gasteiger partial charge in [0.1, 0.15) is 5.58 Å². The van der Waals surface area contributed by atoms with E-state index in [-0.39, 0.29) is 20.1 Å². The quantitative estimate of drug-likeness (QED) is 0.131. The summed E-state index contributed by atoms with van der Waals surface area (Å²) in [5.74, 6) is 7.20. The summed E-state index contributed by atoms with van der Waals surface area (Å²) in [7, 11) is -1.36. The van der Waals surface area contributed by atoms with Crippen molar-refractivity contribution >= 4 is 74.8 Å². The molecule has 0 unspecified atom stereocenters. The minimum atomic E-state index is -1.87. The number of aromatic nitrogens is 2. The van der Waals surface area contributed by atoms with Crippen molar-refractivity contribution in [1.29, 1.82) is 0 Å². The molecule has 0 amide bonds. The van der Waals surface area contributed by atoms with E-state index in [9.17, 15) is 0 Å². The van der Waals surface area contributed by atoms with Crippen molar-refractivity contribution in [1.82, 2.24) is 9.97 Å². The topological polar surface area (TPSA) is 52.1 Å². The molecule has 4 heterocycles. The van der Waals surface area contributed by atoms with Crippen LogP contribution in [0, 0.1) is 12.1 Å². The average Bonchev–Trinajstić information content (AvgIpc) is 3.63. The zero-order valence-electron chi connectivity index (χ0n) is 27.4. The van der Waals surface area contributed by atoms with Crippen LogP contribution in [0.4, 0.5) is 0 Å². The van der Waals surface area contributed by atoms with Gasteiger partial charge < -0.3 is 9.40 Å². The molecule has 0 saturated heterocycles. The first-order chi connectivity index (χ1) is 22.1. The Bertz CT molecular complexity index is 2170. The van der Waals surface area contributed by atoms with Gasteiger partial charge in [0.25, 0.3) is 0 Å². The molecule has 0 aliphatic heterocycles. The minimum Gasteiger partial charge on any atom is 0 e. The standard InChI is InChI=1S/C20H18GeNO.C20H18NOSi.Ir/c1-21(2,3)14-10-11-15-16-7-6-8-17(18-9-4-5-12-22-18)20(16)23-19(15)13-14;1-23(2,3)14-10-11-15-16-7-6-8-17(18-9-4-5-12-21-18)20(16)22-19(15)13-14;/h2*4-7,9-13H,1-3H3;/q2*-1;. The van der Waals surface area contributed by atoms with Crippen LogP contribution in [-0.2, 0) is 20.1 Å². The second-order valence-electron chi connectivity index (χ2n) is 13.7. The van der Waals surface area contributed by atoms with E-state index >= 15 is 0 Å². The molecule has 0 aliphatic carbocycles. The molecule has 4 aromatic carbocycles. The van der Waals surface area contributed by atoms with E-state index in [1.165, 1.54) is 15.0 Å². The molecule has 8 aromatic rings. The van der Waals surface area contributed by atoms with Gasteiger partial charge in [-0.3, -0.25) is 0 Å². The number of hydrogen-bond acceptors (Lipinski definition) is 4. The molecule has 1 radical (unpaired) electrons.